The maximum absolute atomic E-state index is 11.2. The summed E-state index contributed by atoms with van der Waals surface area (Å²) in [6.45, 7) is 2.56. The fourth-order valence-electron chi connectivity index (χ4n) is 1.72. The quantitative estimate of drug-likeness (QED) is 0.589. The smallest absolute Gasteiger partial charge is 0.315 e. The molecule has 0 bridgehead atoms. The zero-order valence-electron chi connectivity index (χ0n) is 8.18. The van der Waals surface area contributed by atoms with E-state index >= 15 is 0 Å². The van der Waals surface area contributed by atoms with Crippen molar-refractivity contribution in [3.8, 4) is 0 Å². The van der Waals surface area contributed by atoms with E-state index in [0.717, 1.165) is 12.8 Å². The normalized spacial score (nSPS) is 28.2. The van der Waals surface area contributed by atoms with Gasteiger partial charge in [0.25, 0.3) is 0 Å². The van der Waals surface area contributed by atoms with Gasteiger partial charge in [0.2, 0.25) is 0 Å². The van der Waals surface area contributed by atoms with Crippen LogP contribution >= 0.6 is 0 Å². The number of carbonyl (C=O) groups excluding carboxylic acids is 1. The highest BCUT2D eigenvalue weighted by Gasteiger charge is 2.22. The molecule has 1 aliphatic rings. The Morgan fingerprint density at radius 2 is 2.15 bits per heavy atom. The highest BCUT2D eigenvalue weighted by Crippen LogP contribution is 2.16. The van der Waals surface area contributed by atoms with Crippen LogP contribution in [0.1, 0.15) is 32.6 Å². The van der Waals surface area contributed by atoms with Crippen LogP contribution in [-0.4, -0.2) is 24.7 Å². The summed E-state index contributed by atoms with van der Waals surface area (Å²) in [6, 6.07) is 0.210. The summed E-state index contributed by atoms with van der Waals surface area (Å²) in [5, 5.41) is 5.60. The number of carbonyl (C=O) groups is 1. The molecule has 1 fully saturated rings. The number of nitrogens with two attached hydrogens (primary N) is 1. The van der Waals surface area contributed by atoms with Crippen LogP contribution in [0.15, 0.2) is 0 Å². The van der Waals surface area contributed by atoms with Crippen molar-refractivity contribution in [2.75, 3.05) is 6.54 Å². The Morgan fingerprint density at radius 1 is 1.46 bits per heavy atom. The average Bonchev–Trinajstić information content (AvgIpc) is 2.09. The number of urea groups is 1. The summed E-state index contributed by atoms with van der Waals surface area (Å²) in [7, 11) is 0. The lowest BCUT2D eigenvalue weighted by atomic mass is 9.91. The van der Waals surface area contributed by atoms with Crippen molar-refractivity contribution < 1.29 is 4.79 Å². The standard InChI is InChI=1S/C9H19N3O/c1-2-11-9(13)12-8-6-4-3-5-7(8)10/h7-8H,2-6,10H2,1H3,(H2,11,12,13)/t7-,8-/m1/s1. The predicted molar refractivity (Wildman–Crippen MR) is 52.4 cm³/mol. The van der Waals surface area contributed by atoms with Crippen molar-refractivity contribution >= 4 is 6.03 Å². The molecule has 4 heteroatoms. The van der Waals surface area contributed by atoms with Gasteiger partial charge in [0.1, 0.15) is 0 Å². The Hall–Kier alpha value is -0.770. The summed E-state index contributed by atoms with van der Waals surface area (Å²) < 4.78 is 0. The number of nitrogens with one attached hydrogen (secondary N) is 2. The fourth-order valence-corrected chi connectivity index (χ4v) is 1.72. The van der Waals surface area contributed by atoms with Gasteiger partial charge in [-0.05, 0) is 19.8 Å². The lowest BCUT2D eigenvalue weighted by Gasteiger charge is -2.29. The molecule has 0 aliphatic heterocycles. The minimum atomic E-state index is -0.0927. The minimum Gasteiger partial charge on any atom is -0.338 e. The van der Waals surface area contributed by atoms with Crippen molar-refractivity contribution in [3.63, 3.8) is 0 Å². The monoisotopic (exact) mass is 185 g/mol. The van der Waals surface area contributed by atoms with E-state index in [2.05, 4.69) is 10.6 Å². The van der Waals surface area contributed by atoms with Crippen LogP contribution < -0.4 is 16.4 Å². The number of rotatable bonds is 2. The fraction of sp³-hybridized carbons (Fsp3) is 0.889. The second-order valence-electron chi connectivity index (χ2n) is 3.56. The topological polar surface area (TPSA) is 67.2 Å². The van der Waals surface area contributed by atoms with Crippen molar-refractivity contribution in [2.24, 2.45) is 5.73 Å². The van der Waals surface area contributed by atoms with E-state index in [4.69, 9.17) is 5.73 Å². The van der Waals surface area contributed by atoms with Gasteiger partial charge in [-0.2, -0.15) is 0 Å². The van der Waals surface area contributed by atoms with Crippen LogP contribution in [0.4, 0.5) is 4.79 Å². The third-order valence-corrected chi connectivity index (χ3v) is 2.47. The van der Waals surface area contributed by atoms with Crippen LogP contribution in [0.25, 0.3) is 0 Å². The second kappa shape index (κ2) is 5.07. The third-order valence-electron chi connectivity index (χ3n) is 2.47. The van der Waals surface area contributed by atoms with Gasteiger partial charge in [-0.3, -0.25) is 0 Å². The Bertz CT molecular complexity index is 172. The van der Waals surface area contributed by atoms with Gasteiger partial charge in [-0.1, -0.05) is 12.8 Å². The Labute approximate surface area is 79.3 Å². The molecule has 1 saturated carbocycles. The molecule has 4 nitrogen and oxygen atoms in total. The maximum Gasteiger partial charge on any atom is 0.315 e. The molecule has 2 atom stereocenters. The van der Waals surface area contributed by atoms with Gasteiger partial charge in [0.05, 0.1) is 0 Å². The van der Waals surface area contributed by atoms with E-state index in [1.807, 2.05) is 6.92 Å². The van der Waals surface area contributed by atoms with Crippen LogP contribution in [0.3, 0.4) is 0 Å². The van der Waals surface area contributed by atoms with Crippen molar-refractivity contribution in [1.82, 2.24) is 10.6 Å². The highest BCUT2D eigenvalue weighted by molar-refractivity contribution is 5.74. The van der Waals surface area contributed by atoms with E-state index in [-0.39, 0.29) is 18.1 Å². The maximum atomic E-state index is 11.2. The summed E-state index contributed by atoms with van der Waals surface area (Å²) in [6.07, 6.45) is 4.40. The highest BCUT2D eigenvalue weighted by atomic mass is 16.2. The lowest BCUT2D eigenvalue weighted by molar-refractivity contribution is 0.229. The van der Waals surface area contributed by atoms with Gasteiger partial charge in [-0.15, -0.1) is 0 Å². The van der Waals surface area contributed by atoms with Crippen molar-refractivity contribution in [1.29, 1.82) is 0 Å². The summed E-state index contributed by atoms with van der Waals surface area (Å²) in [5.41, 5.74) is 5.88. The van der Waals surface area contributed by atoms with Gasteiger partial charge in [-0.25, -0.2) is 4.79 Å². The van der Waals surface area contributed by atoms with Crippen LogP contribution in [0, 0.1) is 0 Å². The molecule has 0 radical (unpaired) electrons. The molecule has 0 spiro atoms. The minimum absolute atomic E-state index is 0.0927. The van der Waals surface area contributed by atoms with Gasteiger partial charge in [0, 0.05) is 18.6 Å². The predicted octanol–water partition coefficient (Wildman–Crippen LogP) is 0.575. The largest absolute Gasteiger partial charge is 0.338 e. The molecule has 0 aromatic carbocycles. The van der Waals surface area contributed by atoms with E-state index in [0.29, 0.717) is 6.54 Å². The Balaban J connectivity index is 2.29. The SMILES string of the molecule is CCNC(=O)N[C@@H]1CCCC[C@H]1N. The molecule has 0 unspecified atom stereocenters. The first kappa shape index (κ1) is 10.3. The Morgan fingerprint density at radius 3 is 2.77 bits per heavy atom. The molecule has 1 rings (SSSR count). The Kier molecular flexibility index (Phi) is 4.02. The van der Waals surface area contributed by atoms with Crippen LogP contribution in [0.2, 0.25) is 0 Å². The van der Waals surface area contributed by atoms with Crippen LogP contribution in [0.5, 0.6) is 0 Å². The molecular weight excluding hydrogens is 166 g/mol. The van der Waals surface area contributed by atoms with E-state index in [9.17, 15) is 4.79 Å². The van der Waals surface area contributed by atoms with Crippen molar-refractivity contribution in [3.05, 3.63) is 0 Å². The van der Waals surface area contributed by atoms with Crippen LogP contribution in [-0.2, 0) is 0 Å². The molecule has 0 saturated heterocycles. The number of hydrogen-bond donors (Lipinski definition) is 3. The summed E-state index contributed by atoms with van der Waals surface area (Å²) in [5.74, 6) is 0. The second-order valence-corrected chi connectivity index (χ2v) is 3.56. The van der Waals surface area contributed by atoms with E-state index < -0.39 is 0 Å². The van der Waals surface area contributed by atoms with Gasteiger partial charge < -0.3 is 16.4 Å². The zero-order valence-corrected chi connectivity index (χ0v) is 8.18. The van der Waals surface area contributed by atoms with Gasteiger partial charge >= 0.3 is 6.03 Å². The number of amides is 2. The molecule has 0 aromatic rings. The molecular formula is C9H19N3O. The molecule has 1 aliphatic carbocycles. The first-order valence-corrected chi connectivity index (χ1v) is 5.04. The summed E-state index contributed by atoms with van der Waals surface area (Å²) in [4.78, 5) is 11.2. The third kappa shape index (κ3) is 3.22. The molecule has 4 N–H and O–H groups in total. The van der Waals surface area contributed by atoms with Gasteiger partial charge in [0.15, 0.2) is 0 Å². The number of hydrogen-bond acceptors (Lipinski definition) is 2. The molecule has 0 aromatic heterocycles. The lowest BCUT2D eigenvalue weighted by Crippen LogP contribution is -2.52. The molecule has 2 amide bonds. The average molecular weight is 185 g/mol. The molecule has 0 heterocycles. The first-order chi connectivity index (χ1) is 6.24. The molecule has 76 valence electrons. The van der Waals surface area contributed by atoms with Crippen molar-refractivity contribution in [2.45, 2.75) is 44.7 Å². The van der Waals surface area contributed by atoms with E-state index in [1.165, 1.54) is 12.8 Å². The zero-order chi connectivity index (χ0) is 9.68. The first-order valence-electron chi connectivity index (χ1n) is 5.04. The summed E-state index contributed by atoms with van der Waals surface area (Å²) >= 11 is 0. The van der Waals surface area contributed by atoms with E-state index in [1.54, 1.807) is 0 Å². The molecule has 13 heavy (non-hydrogen) atoms.